The summed E-state index contributed by atoms with van der Waals surface area (Å²) in [6.45, 7) is 0.593. The largest absolute Gasteiger partial charge is 0.488 e. The van der Waals surface area contributed by atoms with Crippen molar-refractivity contribution in [3.05, 3.63) is 84.4 Å². The lowest BCUT2D eigenvalue weighted by Gasteiger charge is -2.22. The number of hydrogen-bond donors (Lipinski definition) is 0. The van der Waals surface area contributed by atoms with E-state index in [0.717, 1.165) is 28.1 Å². The second kappa shape index (κ2) is 5.20. The van der Waals surface area contributed by atoms with Crippen molar-refractivity contribution in [2.45, 2.75) is 6.61 Å². The highest BCUT2D eigenvalue weighted by molar-refractivity contribution is 5.92. The van der Waals surface area contributed by atoms with E-state index >= 15 is 0 Å². The Hall–Kier alpha value is -3.13. The molecule has 5 rings (SSSR count). The molecule has 0 saturated heterocycles. The monoisotopic (exact) mass is 309 g/mol. The van der Waals surface area contributed by atoms with Crippen LogP contribution >= 0.6 is 0 Å². The van der Waals surface area contributed by atoms with Gasteiger partial charge < -0.3 is 4.74 Å². The molecular formula is C22H15NO. The van der Waals surface area contributed by atoms with Gasteiger partial charge in [-0.3, -0.25) is 0 Å². The van der Waals surface area contributed by atoms with E-state index in [2.05, 4.69) is 48.5 Å². The van der Waals surface area contributed by atoms with E-state index in [4.69, 9.17) is 9.72 Å². The molecule has 2 heteroatoms. The highest BCUT2D eigenvalue weighted by Crippen LogP contribution is 2.40. The molecule has 114 valence electrons. The van der Waals surface area contributed by atoms with Crippen LogP contribution in [0.3, 0.4) is 0 Å². The summed E-state index contributed by atoms with van der Waals surface area (Å²) in [5.41, 5.74) is 6.78. The third-order valence-electron chi connectivity index (χ3n) is 4.60. The molecule has 0 amide bonds. The Labute approximate surface area is 140 Å². The van der Waals surface area contributed by atoms with Crippen LogP contribution in [-0.4, -0.2) is 4.98 Å². The Balaban J connectivity index is 1.71. The number of rotatable bonds is 1. The van der Waals surface area contributed by atoms with Gasteiger partial charge in [0.15, 0.2) is 0 Å². The number of ether oxygens (including phenoxy) is 1. The van der Waals surface area contributed by atoms with Crippen LogP contribution in [0.25, 0.3) is 33.3 Å². The third-order valence-corrected chi connectivity index (χ3v) is 4.60. The number of nitrogens with zero attached hydrogens (tertiary/aromatic N) is 1. The Morgan fingerprint density at radius 1 is 0.708 bits per heavy atom. The molecule has 0 fully saturated rings. The molecule has 0 atom stereocenters. The molecule has 0 bridgehead atoms. The third kappa shape index (κ3) is 2.00. The molecule has 0 radical (unpaired) electrons. The van der Waals surface area contributed by atoms with Gasteiger partial charge in [-0.1, -0.05) is 60.7 Å². The van der Waals surface area contributed by atoms with E-state index < -0.39 is 0 Å². The van der Waals surface area contributed by atoms with Gasteiger partial charge in [-0.25, -0.2) is 4.98 Å². The summed E-state index contributed by atoms with van der Waals surface area (Å²) < 4.78 is 5.95. The van der Waals surface area contributed by atoms with Crippen LogP contribution in [0.1, 0.15) is 5.56 Å². The fourth-order valence-electron chi connectivity index (χ4n) is 3.41. The Kier molecular flexibility index (Phi) is 2.89. The summed E-state index contributed by atoms with van der Waals surface area (Å²) >= 11 is 0. The SMILES string of the molecule is c1ccc(-c2ccc3c4c(ccc3n2)-c2ccccc2OC4)cc1. The average molecular weight is 309 g/mol. The van der Waals surface area contributed by atoms with Crippen molar-refractivity contribution in [3.63, 3.8) is 0 Å². The van der Waals surface area contributed by atoms with E-state index in [0.29, 0.717) is 6.61 Å². The van der Waals surface area contributed by atoms with E-state index in [1.807, 2.05) is 30.3 Å². The summed E-state index contributed by atoms with van der Waals surface area (Å²) in [4.78, 5) is 4.85. The Morgan fingerprint density at radius 3 is 2.46 bits per heavy atom. The maximum absolute atomic E-state index is 5.95. The standard InChI is InChI=1S/C22H15NO/c1-2-6-15(7-3-1)20-12-11-17-19-14-24-22-9-5-4-8-18(22)16(19)10-13-21(17)23-20/h1-13H,14H2. The fraction of sp³-hybridized carbons (Fsp3) is 0.0455. The van der Waals surface area contributed by atoms with Crippen molar-refractivity contribution < 1.29 is 4.74 Å². The smallest absolute Gasteiger partial charge is 0.127 e. The van der Waals surface area contributed by atoms with Crippen LogP contribution in [0.4, 0.5) is 0 Å². The quantitative estimate of drug-likeness (QED) is 0.465. The van der Waals surface area contributed by atoms with Crippen molar-refractivity contribution in [2.24, 2.45) is 0 Å². The number of pyridine rings is 1. The van der Waals surface area contributed by atoms with Crippen LogP contribution in [0, 0.1) is 0 Å². The minimum atomic E-state index is 0.593. The van der Waals surface area contributed by atoms with Crippen molar-refractivity contribution in [1.29, 1.82) is 0 Å². The lowest BCUT2D eigenvalue weighted by atomic mass is 9.93. The molecule has 4 aromatic rings. The van der Waals surface area contributed by atoms with Crippen LogP contribution < -0.4 is 4.74 Å². The summed E-state index contributed by atoms with van der Waals surface area (Å²) in [5.74, 6) is 0.957. The Morgan fingerprint density at radius 2 is 1.54 bits per heavy atom. The molecule has 2 heterocycles. The van der Waals surface area contributed by atoms with Gasteiger partial charge in [0.25, 0.3) is 0 Å². The molecular weight excluding hydrogens is 294 g/mol. The molecule has 0 aliphatic carbocycles. The summed E-state index contributed by atoms with van der Waals surface area (Å²) in [5, 5.41) is 1.17. The van der Waals surface area contributed by atoms with Gasteiger partial charge in [0.1, 0.15) is 12.4 Å². The fourth-order valence-corrected chi connectivity index (χ4v) is 3.41. The number of hydrogen-bond acceptors (Lipinski definition) is 2. The van der Waals surface area contributed by atoms with E-state index in [1.165, 1.54) is 16.5 Å². The summed E-state index contributed by atoms with van der Waals surface area (Å²) in [6, 6.07) is 27.0. The zero-order valence-corrected chi connectivity index (χ0v) is 13.1. The molecule has 1 aliphatic heterocycles. The van der Waals surface area contributed by atoms with Gasteiger partial charge in [0, 0.05) is 22.1 Å². The molecule has 2 nitrogen and oxygen atoms in total. The molecule has 1 aromatic heterocycles. The number of para-hydroxylation sites is 1. The van der Waals surface area contributed by atoms with Crippen molar-refractivity contribution in [2.75, 3.05) is 0 Å². The van der Waals surface area contributed by atoms with Crippen LogP contribution in [-0.2, 0) is 6.61 Å². The Bertz CT molecular complexity index is 1050. The van der Waals surface area contributed by atoms with E-state index in [-0.39, 0.29) is 0 Å². The minimum absolute atomic E-state index is 0.593. The van der Waals surface area contributed by atoms with Gasteiger partial charge >= 0.3 is 0 Å². The van der Waals surface area contributed by atoms with Gasteiger partial charge in [-0.15, -0.1) is 0 Å². The van der Waals surface area contributed by atoms with E-state index in [9.17, 15) is 0 Å². The molecule has 3 aromatic carbocycles. The highest BCUT2D eigenvalue weighted by atomic mass is 16.5. The van der Waals surface area contributed by atoms with Gasteiger partial charge in [-0.2, -0.15) is 0 Å². The first-order valence-corrected chi connectivity index (χ1v) is 8.10. The first-order valence-electron chi connectivity index (χ1n) is 8.10. The summed E-state index contributed by atoms with van der Waals surface area (Å²) in [7, 11) is 0. The normalized spacial score (nSPS) is 12.3. The first kappa shape index (κ1) is 13.3. The highest BCUT2D eigenvalue weighted by Gasteiger charge is 2.19. The maximum atomic E-state index is 5.95. The predicted octanol–water partition coefficient (Wildman–Crippen LogP) is 5.46. The number of fused-ring (bicyclic) bond motifs is 5. The predicted molar refractivity (Wildman–Crippen MR) is 96.9 cm³/mol. The minimum Gasteiger partial charge on any atom is -0.488 e. The molecule has 0 saturated carbocycles. The second-order valence-electron chi connectivity index (χ2n) is 6.01. The number of benzene rings is 3. The topological polar surface area (TPSA) is 22.1 Å². The first-order chi connectivity index (χ1) is 11.9. The molecule has 24 heavy (non-hydrogen) atoms. The van der Waals surface area contributed by atoms with E-state index in [1.54, 1.807) is 0 Å². The van der Waals surface area contributed by atoms with Crippen LogP contribution in [0.15, 0.2) is 78.9 Å². The zero-order valence-electron chi connectivity index (χ0n) is 13.1. The maximum Gasteiger partial charge on any atom is 0.127 e. The molecule has 0 N–H and O–H groups in total. The van der Waals surface area contributed by atoms with Gasteiger partial charge in [-0.05, 0) is 23.8 Å². The number of aromatic nitrogens is 1. The van der Waals surface area contributed by atoms with Crippen LogP contribution in [0.2, 0.25) is 0 Å². The molecule has 0 spiro atoms. The van der Waals surface area contributed by atoms with Crippen molar-refractivity contribution in [1.82, 2.24) is 4.98 Å². The van der Waals surface area contributed by atoms with Gasteiger partial charge in [0.05, 0.1) is 11.2 Å². The van der Waals surface area contributed by atoms with Gasteiger partial charge in [0.2, 0.25) is 0 Å². The second-order valence-corrected chi connectivity index (χ2v) is 6.01. The molecule has 1 aliphatic rings. The lowest BCUT2D eigenvalue weighted by molar-refractivity contribution is 0.304. The average Bonchev–Trinajstić information content (AvgIpc) is 2.67. The lowest BCUT2D eigenvalue weighted by Crippen LogP contribution is -2.06. The van der Waals surface area contributed by atoms with Crippen LogP contribution in [0.5, 0.6) is 5.75 Å². The summed E-state index contributed by atoms with van der Waals surface area (Å²) in [6.07, 6.45) is 0. The van der Waals surface area contributed by atoms with Crippen molar-refractivity contribution in [3.8, 4) is 28.1 Å². The van der Waals surface area contributed by atoms with Crippen molar-refractivity contribution >= 4 is 10.9 Å². The molecule has 0 unspecified atom stereocenters. The zero-order chi connectivity index (χ0) is 15.9.